The number of unbranched alkanes of at least 4 members (excludes halogenated alkanes) is 1. The van der Waals surface area contributed by atoms with Gasteiger partial charge < -0.3 is 14.9 Å². The highest BCUT2D eigenvalue weighted by Crippen LogP contribution is 2.45. The normalized spacial score (nSPS) is 21.2. The third-order valence-electron chi connectivity index (χ3n) is 8.66. The third-order valence-corrected chi connectivity index (χ3v) is 8.66. The van der Waals surface area contributed by atoms with Gasteiger partial charge in [-0.15, -0.1) is 0 Å². The smallest absolute Gasteiger partial charge is 0.396 e. The summed E-state index contributed by atoms with van der Waals surface area (Å²) in [6.07, 6.45) is 3.40. The summed E-state index contributed by atoms with van der Waals surface area (Å²) >= 11 is 0. The van der Waals surface area contributed by atoms with Crippen LogP contribution in [0.4, 0.5) is 18.9 Å². The van der Waals surface area contributed by atoms with E-state index in [1.54, 1.807) is 17.3 Å². The van der Waals surface area contributed by atoms with Crippen molar-refractivity contribution in [2.24, 2.45) is 5.92 Å². The van der Waals surface area contributed by atoms with Crippen LogP contribution in [0, 0.1) is 5.92 Å². The van der Waals surface area contributed by atoms with Gasteiger partial charge in [-0.05, 0) is 93.1 Å². The molecule has 2 fully saturated rings. The van der Waals surface area contributed by atoms with Gasteiger partial charge in [0.25, 0.3) is 0 Å². The zero-order chi connectivity index (χ0) is 28.3. The molecule has 0 saturated carbocycles. The van der Waals surface area contributed by atoms with Crippen molar-refractivity contribution in [1.29, 1.82) is 0 Å². The van der Waals surface area contributed by atoms with Crippen LogP contribution < -0.4 is 4.90 Å². The van der Waals surface area contributed by atoms with E-state index in [0.29, 0.717) is 56.4 Å². The molecule has 40 heavy (non-hydrogen) atoms. The minimum Gasteiger partial charge on any atom is -0.396 e. The molecule has 7 nitrogen and oxygen atoms in total. The van der Waals surface area contributed by atoms with Gasteiger partial charge in [-0.1, -0.05) is 6.42 Å². The van der Waals surface area contributed by atoms with Gasteiger partial charge in [-0.25, -0.2) is 0 Å². The molecule has 4 heterocycles. The Morgan fingerprint density at radius 1 is 0.975 bits per heavy atom. The third kappa shape index (κ3) is 6.17. The van der Waals surface area contributed by atoms with Gasteiger partial charge in [0.15, 0.2) is 0 Å². The maximum atomic E-state index is 13.5. The highest BCUT2D eigenvalue weighted by atomic mass is 19.4. The summed E-state index contributed by atoms with van der Waals surface area (Å²) in [5.41, 5.74) is 1.44. The van der Waals surface area contributed by atoms with Crippen molar-refractivity contribution < 1.29 is 27.9 Å². The molecule has 0 radical (unpaired) electrons. The van der Waals surface area contributed by atoms with Crippen LogP contribution in [0.5, 0.6) is 0 Å². The van der Waals surface area contributed by atoms with Crippen molar-refractivity contribution in [3.05, 3.63) is 59.4 Å². The number of carbonyl (C=O) groups is 2. The highest BCUT2D eigenvalue weighted by Gasteiger charge is 2.43. The second kappa shape index (κ2) is 12.3. The molecule has 1 unspecified atom stereocenters. The lowest BCUT2D eigenvalue weighted by molar-refractivity contribution is -0.138. The number of likely N-dealkylation sites (tertiary alicyclic amines) is 2. The Morgan fingerprint density at radius 2 is 1.68 bits per heavy atom. The second-order valence-corrected chi connectivity index (χ2v) is 11.2. The summed E-state index contributed by atoms with van der Waals surface area (Å²) < 4.78 is 40.4. The number of nitrogens with zero attached hydrogens (tertiary/aromatic N) is 4. The molecule has 3 aliphatic heterocycles. The average Bonchev–Trinajstić information content (AvgIpc) is 3.24. The second-order valence-electron chi connectivity index (χ2n) is 11.2. The number of carbonyl (C=O) groups excluding carboxylic acids is 2. The molecule has 2 amide bonds. The Balaban J connectivity index is 1.19. The first kappa shape index (κ1) is 28.5. The zero-order valence-corrected chi connectivity index (χ0v) is 22.7. The Kier molecular flexibility index (Phi) is 8.75. The molecular weight excluding hydrogens is 521 g/mol. The van der Waals surface area contributed by atoms with E-state index in [0.717, 1.165) is 44.6 Å². The Hall–Kier alpha value is -2.98. The molecule has 2 aromatic rings. The van der Waals surface area contributed by atoms with E-state index < -0.39 is 17.7 Å². The van der Waals surface area contributed by atoms with E-state index in [1.165, 1.54) is 11.6 Å². The van der Waals surface area contributed by atoms with E-state index >= 15 is 0 Å². The molecule has 5 rings (SSSR count). The quantitative estimate of drug-likeness (QED) is 0.480. The number of anilines is 1. The fourth-order valence-electron chi connectivity index (χ4n) is 6.45. The van der Waals surface area contributed by atoms with Crippen LogP contribution in [-0.4, -0.2) is 70.5 Å². The van der Waals surface area contributed by atoms with Crippen LogP contribution >= 0.6 is 0 Å². The van der Waals surface area contributed by atoms with Crippen LogP contribution in [0.25, 0.3) is 0 Å². The number of pyridine rings is 1. The number of amides is 2. The van der Waals surface area contributed by atoms with Gasteiger partial charge in [0.1, 0.15) is 0 Å². The summed E-state index contributed by atoms with van der Waals surface area (Å²) in [7, 11) is 0. The maximum Gasteiger partial charge on any atom is 0.416 e. The molecule has 10 heteroatoms. The van der Waals surface area contributed by atoms with Crippen LogP contribution in [0.1, 0.15) is 67.6 Å². The first-order valence-electron chi connectivity index (χ1n) is 14.3. The fraction of sp³-hybridized carbons (Fsp3) is 0.567. The first-order chi connectivity index (χ1) is 19.3. The molecule has 0 spiro atoms. The topological polar surface area (TPSA) is 77.0 Å². The monoisotopic (exact) mass is 558 g/mol. The zero-order valence-electron chi connectivity index (χ0n) is 22.7. The van der Waals surface area contributed by atoms with Crippen molar-refractivity contribution in [2.45, 2.75) is 69.6 Å². The van der Waals surface area contributed by atoms with Gasteiger partial charge in [0.05, 0.1) is 11.5 Å². The lowest BCUT2D eigenvalue weighted by Gasteiger charge is -2.40. The number of hydrogen-bond donors (Lipinski definition) is 1. The van der Waals surface area contributed by atoms with E-state index in [1.807, 2.05) is 17.0 Å². The molecule has 216 valence electrons. The number of aliphatic hydroxyl groups excluding tert-OH is 1. The molecule has 0 bridgehead atoms. The Bertz CT molecular complexity index is 1180. The summed E-state index contributed by atoms with van der Waals surface area (Å²) in [5, 5.41) is 9.16. The molecule has 1 aromatic carbocycles. The number of aliphatic hydroxyl groups is 1. The molecule has 0 aliphatic carbocycles. The van der Waals surface area contributed by atoms with Gasteiger partial charge in [-0.3, -0.25) is 19.5 Å². The van der Waals surface area contributed by atoms with Gasteiger partial charge >= 0.3 is 6.18 Å². The van der Waals surface area contributed by atoms with E-state index in [4.69, 9.17) is 5.11 Å². The predicted octanol–water partition coefficient (Wildman–Crippen LogP) is 4.60. The number of benzene rings is 1. The Morgan fingerprint density at radius 3 is 2.33 bits per heavy atom. The number of alkyl halides is 3. The summed E-state index contributed by atoms with van der Waals surface area (Å²) in [4.78, 5) is 36.9. The van der Waals surface area contributed by atoms with E-state index in [2.05, 4.69) is 9.88 Å². The largest absolute Gasteiger partial charge is 0.416 e. The number of hydrogen-bond acceptors (Lipinski definition) is 5. The Labute approximate surface area is 233 Å². The maximum absolute atomic E-state index is 13.5. The highest BCUT2D eigenvalue weighted by molar-refractivity contribution is 6.05. The fourth-order valence-corrected chi connectivity index (χ4v) is 6.45. The van der Waals surface area contributed by atoms with Crippen LogP contribution in [0.2, 0.25) is 0 Å². The van der Waals surface area contributed by atoms with Crippen molar-refractivity contribution in [3.8, 4) is 0 Å². The first-order valence-corrected chi connectivity index (χ1v) is 14.3. The SMILES string of the molecule is O=C(C1CCN(Cc2ccncc2)CC1)N1CCC(N2C(=O)C(CCCCO)c3cc(C(F)(F)F)ccc32)CC1. The average molecular weight is 559 g/mol. The number of aromatic nitrogens is 1. The van der Waals surface area contributed by atoms with E-state index in [9.17, 15) is 22.8 Å². The van der Waals surface area contributed by atoms with Crippen molar-refractivity contribution in [3.63, 3.8) is 0 Å². The molecule has 2 saturated heterocycles. The molecule has 1 N–H and O–H groups in total. The molecule has 3 aliphatic rings. The molecular formula is C30H37F3N4O3. The van der Waals surface area contributed by atoms with E-state index in [-0.39, 0.29) is 30.4 Å². The summed E-state index contributed by atoms with van der Waals surface area (Å²) in [5.74, 6) is -0.637. The van der Waals surface area contributed by atoms with Crippen LogP contribution in [-0.2, 0) is 22.3 Å². The van der Waals surface area contributed by atoms with Gasteiger partial charge in [0, 0.05) is 56.3 Å². The number of fused-ring (bicyclic) bond motifs is 1. The van der Waals surface area contributed by atoms with Crippen molar-refractivity contribution in [1.82, 2.24) is 14.8 Å². The number of halogens is 3. The number of rotatable bonds is 8. The standard InChI is InChI=1S/C30H37F3N4O3/c31-30(32,33)23-4-5-27-26(19-23)25(3-1-2-18-38)29(40)37(27)24-10-16-36(17-11-24)28(39)22-8-14-35(15-9-22)20-21-6-12-34-13-7-21/h4-7,12-13,19,22,24-25,38H,1-3,8-11,14-18,20H2. The van der Waals surface area contributed by atoms with Gasteiger partial charge in [-0.2, -0.15) is 13.2 Å². The van der Waals surface area contributed by atoms with Crippen molar-refractivity contribution in [2.75, 3.05) is 37.7 Å². The molecule has 1 atom stereocenters. The summed E-state index contributed by atoms with van der Waals surface area (Å²) in [6.45, 7) is 3.64. The number of piperidine rings is 2. The minimum absolute atomic E-state index is 0.00363. The lowest BCUT2D eigenvalue weighted by Crippen LogP contribution is -2.50. The van der Waals surface area contributed by atoms with Crippen LogP contribution in [0.3, 0.4) is 0 Å². The van der Waals surface area contributed by atoms with Gasteiger partial charge in [0.2, 0.25) is 11.8 Å². The van der Waals surface area contributed by atoms with Crippen LogP contribution in [0.15, 0.2) is 42.7 Å². The summed E-state index contributed by atoms with van der Waals surface area (Å²) in [6, 6.07) is 7.47. The predicted molar refractivity (Wildman–Crippen MR) is 144 cm³/mol. The lowest BCUT2D eigenvalue weighted by atomic mass is 9.93. The molecule has 1 aromatic heterocycles. The van der Waals surface area contributed by atoms with Crippen molar-refractivity contribution >= 4 is 17.5 Å². The minimum atomic E-state index is -4.48.